The molecule has 3 rings (SSSR count). The molecule has 1 N–H and O–H groups in total. The standard InChI is InChI=1S/C13H17N3/c1-13(7-8-13)9-14-12-15-10-5-3-4-6-11(10)16(12)2/h3-6H,7-9H2,1-2H3,(H,14,15). The third kappa shape index (κ3) is 1.56. The summed E-state index contributed by atoms with van der Waals surface area (Å²) >= 11 is 0. The molecule has 1 aliphatic rings. The Hall–Kier alpha value is -1.51. The molecule has 0 amide bonds. The molecule has 0 atom stereocenters. The zero-order valence-electron chi connectivity index (χ0n) is 9.83. The number of fused-ring (bicyclic) bond motifs is 1. The summed E-state index contributed by atoms with van der Waals surface area (Å²) in [5.41, 5.74) is 2.76. The van der Waals surface area contributed by atoms with Gasteiger partial charge in [-0.15, -0.1) is 0 Å². The number of hydrogen-bond donors (Lipinski definition) is 1. The van der Waals surface area contributed by atoms with Gasteiger partial charge in [-0.25, -0.2) is 4.98 Å². The number of hydrogen-bond acceptors (Lipinski definition) is 2. The molecular formula is C13H17N3. The normalized spacial score (nSPS) is 17.6. The Morgan fingerprint density at radius 2 is 2.12 bits per heavy atom. The molecule has 2 aromatic rings. The van der Waals surface area contributed by atoms with Gasteiger partial charge in [0.25, 0.3) is 0 Å². The maximum Gasteiger partial charge on any atom is 0.203 e. The lowest BCUT2D eigenvalue weighted by Crippen LogP contribution is -2.14. The average Bonchev–Trinajstić information content (AvgIpc) is 2.94. The van der Waals surface area contributed by atoms with Crippen molar-refractivity contribution >= 4 is 17.0 Å². The number of imidazole rings is 1. The molecule has 1 aromatic carbocycles. The van der Waals surface area contributed by atoms with Crippen molar-refractivity contribution in [3.63, 3.8) is 0 Å². The van der Waals surface area contributed by atoms with Gasteiger partial charge < -0.3 is 9.88 Å². The van der Waals surface area contributed by atoms with Crippen LogP contribution in [0.15, 0.2) is 24.3 Å². The van der Waals surface area contributed by atoms with Crippen LogP contribution in [0, 0.1) is 5.41 Å². The van der Waals surface area contributed by atoms with Gasteiger partial charge in [0.2, 0.25) is 5.95 Å². The van der Waals surface area contributed by atoms with E-state index in [4.69, 9.17) is 0 Å². The first-order valence-electron chi connectivity index (χ1n) is 5.83. The van der Waals surface area contributed by atoms with E-state index in [-0.39, 0.29) is 0 Å². The molecular weight excluding hydrogens is 198 g/mol. The lowest BCUT2D eigenvalue weighted by molar-refractivity contribution is 0.606. The van der Waals surface area contributed by atoms with Gasteiger partial charge in [-0.2, -0.15) is 0 Å². The molecule has 0 spiro atoms. The van der Waals surface area contributed by atoms with Gasteiger partial charge in [0.1, 0.15) is 0 Å². The van der Waals surface area contributed by atoms with E-state index >= 15 is 0 Å². The van der Waals surface area contributed by atoms with Crippen LogP contribution in [0.4, 0.5) is 5.95 Å². The van der Waals surface area contributed by atoms with Crippen molar-refractivity contribution in [2.75, 3.05) is 11.9 Å². The quantitative estimate of drug-likeness (QED) is 0.853. The van der Waals surface area contributed by atoms with E-state index in [9.17, 15) is 0 Å². The molecule has 0 aliphatic heterocycles. The van der Waals surface area contributed by atoms with E-state index in [0.29, 0.717) is 5.41 Å². The molecule has 1 aromatic heterocycles. The third-order valence-electron chi connectivity index (χ3n) is 3.56. The van der Waals surface area contributed by atoms with E-state index in [2.05, 4.69) is 47.0 Å². The lowest BCUT2D eigenvalue weighted by atomic mass is 10.1. The molecule has 84 valence electrons. The molecule has 1 aliphatic carbocycles. The van der Waals surface area contributed by atoms with E-state index < -0.39 is 0 Å². The fourth-order valence-electron chi connectivity index (χ4n) is 1.99. The van der Waals surface area contributed by atoms with Gasteiger partial charge in [-0.05, 0) is 30.4 Å². The van der Waals surface area contributed by atoms with Crippen LogP contribution in [-0.2, 0) is 7.05 Å². The van der Waals surface area contributed by atoms with Gasteiger partial charge in [0.05, 0.1) is 11.0 Å². The highest BCUT2D eigenvalue weighted by molar-refractivity contribution is 5.78. The van der Waals surface area contributed by atoms with Crippen LogP contribution in [-0.4, -0.2) is 16.1 Å². The average molecular weight is 215 g/mol. The number of aromatic nitrogens is 2. The van der Waals surface area contributed by atoms with Crippen LogP contribution in [0.2, 0.25) is 0 Å². The summed E-state index contributed by atoms with van der Waals surface area (Å²) in [5.74, 6) is 0.981. The highest BCUT2D eigenvalue weighted by Crippen LogP contribution is 2.44. The summed E-state index contributed by atoms with van der Waals surface area (Å²) in [4.78, 5) is 4.59. The fraction of sp³-hybridized carbons (Fsp3) is 0.462. The van der Waals surface area contributed by atoms with Crippen molar-refractivity contribution < 1.29 is 0 Å². The van der Waals surface area contributed by atoms with Gasteiger partial charge in [0.15, 0.2) is 0 Å². The maximum absolute atomic E-state index is 4.59. The summed E-state index contributed by atoms with van der Waals surface area (Å²) < 4.78 is 2.13. The van der Waals surface area contributed by atoms with Crippen molar-refractivity contribution in [3.8, 4) is 0 Å². The van der Waals surface area contributed by atoms with Crippen LogP contribution in [0.3, 0.4) is 0 Å². The van der Waals surface area contributed by atoms with Gasteiger partial charge >= 0.3 is 0 Å². The zero-order chi connectivity index (χ0) is 11.2. The van der Waals surface area contributed by atoms with Crippen molar-refractivity contribution in [2.45, 2.75) is 19.8 Å². The summed E-state index contributed by atoms with van der Waals surface area (Å²) in [7, 11) is 2.06. The Labute approximate surface area is 95.5 Å². The number of anilines is 1. The summed E-state index contributed by atoms with van der Waals surface area (Å²) in [6.45, 7) is 3.35. The topological polar surface area (TPSA) is 29.9 Å². The molecule has 1 fully saturated rings. The minimum absolute atomic E-state index is 0.512. The Morgan fingerprint density at radius 1 is 1.38 bits per heavy atom. The SMILES string of the molecule is Cn1c(NCC2(C)CC2)nc2ccccc21. The van der Waals surface area contributed by atoms with E-state index in [0.717, 1.165) is 18.0 Å². The molecule has 3 nitrogen and oxygen atoms in total. The second-order valence-electron chi connectivity index (χ2n) is 5.15. The monoisotopic (exact) mass is 215 g/mol. The van der Waals surface area contributed by atoms with E-state index in [1.165, 1.54) is 18.4 Å². The number of nitrogens with one attached hydrogen (secondary N) is 1. The third-order valence-corrected chi connectivity index (χ3v) is 3.56. The molecule has 16 heavy (non-hydrogen) atoms. The smallest absolute Gasteiger partial charge is 0.203 e. The van der Waals surface area contributed by atoms with Crippen molar-refractivity contribution in [1.29, 1.82) is 0 Å². The molecule has 0 radical (unpaired) electrons. The predicted octanol–water partition coefficient (Wildman–Crippen LogP) is 2.79. The van der Waals surface area contributed by atoms with Crippen LogP contribution in [0.5, 0.6) is 0 Å². The molecule has 1 saturated carbocycles. The van der Waals surface area contributed by atoms with Crippen LogP contribution in [0.25, 0.3) is 11.0 Å². The molecule has 1 heterocycles. The van der Waals surface area contributed by atoms with Crippen molar-refractivity contribution in [3.05, 3.63) is 24.3 Å². The van der Waals surface area contributed by atoms with Gasteiger partial charge in [0, 0.05) is 13.6 Å². The van der Waals surface area contributed by atoms with E-state index in [1.807, 2.05) is 6.07 Å². The fourth-order valence-corrected chi connectivity index (χ4v) is 1.99. The summed E-state index contributed by atoms with van der Waals surface area (Å²) in [6.07, 6.45) is 2.67. The molecule has 3 heteroatoms. The van der Waals surface area contributed by atoms with Crippen LogP contribution < -0.4 is 5.32 Å². The second kappa shape index (κ2) is 3.24. The maximum atomic E-state index is 4.59. The number of benzene rings is 1. The number of rotatable bonds is 3. The predicted molar refractivity (Wildman–Crippen MR) is 66.5 cm³/mol. The van der Waals surface area contributed by atoms with Crippen LogP contribution in [0.1, 0.15) is 19.8 Å². The Balaban J connectivity index is 1.88. The summed E-state index contributed by atoms with van der Waals surface area (Å²) in [6, 6.07) is 8.24. The summed E-state index contributed by atoms with van der Waals surface area (Å²) in [5, 5.41) is 3.46. The molecule has 0 unspecified atom stereocenters. The van der Waals surface area contributed by atoms with Crippen LogP contribution >= 0.6 is 0 Å². The first-order valence-corrected chi connectivity index (χ1v) is 5.83. The number of nitrogens with zero attached hydrogens (tertiary/aromatic N) is 2. The largest absolute Gasteiger partial charge is 0.355 e. The highest BCUT2D eigenvalue weighted by atomic mass is 15.2. The molecule has 0 bridgehead atoms. The van der Waals surface area contributed by atoms with Crippen molar-refractivity contribution in [1.82, 2.24) is 9.55 Å². The number of para-hydroxylation sites is 2. The Bertz CT molecular complexity index is 523. The van der Waals surface area contributed by atoms with E-state index in [1.54, 1.807) is 0 Å². The Morgan fingerprint density at radius 3 is 2.81 bits per heavy atom. The Kier molecular flexibility index (Phi) is 1.96. The van der Waals surface area contributed by atoms with Gasteiger partial charge in [-0.1, -0.05) is 19.1 Å². The minimum atomic E-state index is 0.512. The zero-order valence-corrected chi connectivity index (χ0v) is 9.83. The highest BCUT2D eigenvalue weighted by Gasteiger charge is 2.37. The van der Waals surface area contributed by atoms with Gasteiger partial charge in [-0.3, -0.25) is 0 Å². The lowest BCUT2D eigenvalue weighted by Gasteiger charge is -2.10. The second-order valence-corrected chi connectivity index (χ2v) is 5.15. The van der Waals surface area contributed by atoms with Crippen molar-refractivity contribution in [2.24, 2.45) is 12.5 Å². The first kappa shape index (κ1) is 9.70. The number of aryl methyl sites for hydroxylation is 1. The molecule has 0 saturated heterocycles. The minimum Gasteiger partial charge on any atom is -0.355 e. The first-order chi connectivity index (χ1) is 7.68.